The van der Waals surface area contributed by atoms with Gasteiger partial charge in [-0.2, -0.15) is 13.3 Å². The SMILES string of the molecule is Cc1ccc[n+](/C(C(=S)Nc2cccc(Cl)c2C)=C(/[O-])c2ccc(OC(F)F)cc2)c1. The Labute approximate surface area is 189 Å². The van der Waals surface area contributed by atoms with Gasteiger partial charge in [-0.25, -0.2) is 0 Å². The van der Waals surface area contributed by atoms with Crippen LogP contribution in [0.15, 0.2) is 67.0 Å². The fourth-order valence-corrected chi connectivity index (χ4v) is 3.40. The molecule has 8 heteroatoms. The first kappa shape index (κ1) is 22.7. The van der Waals surface area contributed by atoms with Crippen LogP contribution in [0.5, 0.6) is 5.75 Å². The van der Waals surface area contributed by atoms with Gasteiger partial charge in [-0.15, -0.1) is 0 Å². The molecule has 1 heterocycles. The standard InChI is InChI=1S/C23H19ClF2N2O2S/c1-14-5-4-12-28(13-14)20(22(31)27-19-7-3-6-18(24)15(19)2)21(29)16-8-10-17(11-9-16)30-23(25)26/h3-13,23H,1-2H3,(H-,27,29,31). The molecule has 0 aliphatic heterocycles. The Morgan fingerprint density at radius 1 is 1.10 bits per heavy atom. The average molecular weight is 461 g/mol. The van der Waals surface area contributed by atoms with Gasteiger partial charge in [0.25, 0.3) is 0 Å². The van der Waals surface area contributed by atoms with Gasteiger partial charge in [-0.1, -0.05) is 42.0 Å². The Bertz CT molecular complexity index is 1130. The van der Waals surface area contributed by atoms with E-state index in [0.29, 0.717) is 10.7 Å². The summed E-state index contributed by atoms with van der Waals surface area (Å²) in [4.78, 5) is 0.193. The molecule has 4 nitrogen and oxygen atoms in total. The molecule has 0 saturated heterocycles. The van der Waals surface area contributed by atoms with Crippen molar-refractivity contribution in [1.82, 2.24) is 0 Å². The molecule has 160 valence electrons. The van der Waals surface area contributed by atoms with Crippen molar-refractivity contribution in [3.05, 3.63) is 88.7 Å². The van der Waals surface area contributed by atoms with E-state index in [4.69, 9.17) is 23.8 Å². The molecule has 0 spiro atoms. The molecule has 1 N–H and O–H groups in total. The van der Waals surface area contributed by atoms with Gasteiger partial charge in [-0.3, -0.25) is 0 Å². The van der Waals surface area contributed by atoms with Crippen molar-refractivity contribution in [3.63, 3.8) is 0 Å². The van der Waals surface area contributed by atoms with E-state index in [1.54, 1.807) is 35.2 Å². The van der Waals surface area contributed by atoms with Crippen LogP contribution in [-0.4, -0.2) is 11.6 Å². The predicted molar refractivity (Wildman–Crippen MR) is 120 cm³/mol. The quantitative estimate of drug-likeness (QED) is 0.244. The van der Waals surface area contributed by atoms with E-state index in [2.05, 4.69) is 10.1 Å². The summed E-state index contributed by atoms with van der Waals surface area (Å²) in [6.45, 7) is 0.799. The molecule has 0 radical (unpaired) electrons. The lowest BCUT2D eigenvalue weighted by atomic mass is 10.1. The lowest BCUT2D eigenvalue weighted by Crippen LogP contribution is -2.40. The van der Waals surface area contributed by atoms with Gasteiger partial charge >= 0.3 is 6.61 Å². The number of anilines is 1. The number of aryl methyl sites for hydroxylation is 1. The largest absolute Gasteiger partial charge is 0.867 e. The van der Waals surface area contributed by atoms with E-state index < -0.39 is 6.61 Å². The van der Waals surface area contributed by atoms with Crippen molar-refractivity contribution in [2.24, 2.45) is 0 Å². The number of ether oxygens (including phenoxy) is 1. The van der Waals surface area contributed by atoms with Gasteiger partial charge in [0.2, 0.25) is 5.70 Å². The molecule has 1 aromatic heterocycles. The minimum Gasteiger partial charge on any atom is -0.867 e. The number of pyridine rings is 1. The van der Waals surface area contributed by atoms with Crippen LogP contribution in [-0.2, 0) is 0 Å². The maximum atomic E-state index is 13.4. The van der Waals surface area contributed by atoms with E-state index in [-0.39, 0.29) is 27.8 Å². The third kappa shape index (κ3) is 5.57. The number of aromatic nitrogens is 1. The number of rotatable bonds is 6. The highest BCUT2D eigenvalue weighted by Crippen LogP contribution is 2.25. The highest BCUT2D eigenvalue weighted by molar-refractivity contribution is 7.81. The van der Waals surface area contributed by atoms with Gasteiger partial charge in [0, 0.05) is 22.3 Å². The number of halogens is 3. The van der Waals surface area contributed by atoms with Crippen molar-refractivity contribution in [1.29, 1.82) is 0 Å². The van der Waals surface area contributed by atoms with Crippen molar-refractivity contribution in [2.75, 3.05) is 5.32 Å². The predicted octanol–water partition coefficient (Wildman–Crippen LogP) is 4.97. The second-order valence-electron chi connectivity index (χ2n) is 6.74. The zero-order valence-corrected chi connectivity index (χ0v) is 18.3. The van der Waals surface area contributed by atoms with Gasteiger partial charge in [0.05, 0.1) is 0 Å². The summed E-state index contributed by atoms with van der Waals surface area (Å²) in [5, 5.41) is 17.0. The molecule has 0 saturated carbocycles. The minimum atomic E-state index is -2.94. The summed E-state index contributed by atoms with van der Waals surface area (Å²) in [7, 11) is 0. The van der Waals surface area contributed by atoms with Crippen LogP contribution in [0.25, 0.3) is 11.5 Å². The number of benzene rings is 2. The summed E-state index contributed by atoms with van der Waals surface area (Å²) in [5.74, 6) is -0.414. The van der Waals surface area contributed by atoms with Gasteiger partial charge in [0.1, 0.15) is 5.75 Å². The van der Waals surface area contributed by atoms with Crippen molar-refractivity contribution >= 4 is 46.0 Å². The first-order valence-electron chi connectivity index (χ1n) is 9.27. The molecule has 31 heavy (non-hydrogen) atoms. The number of thiocarbonyl (C=S) groups is 1. The Morgan fingerprint density at radius 2 is 1.81 bits per heavy atom. The molecular formula is C23H19ClF2N2O2S. The maximum absolute atomic E-state index is 13.4. The van der Waals surface area contributed by atoms with Gasteiger partial charge < -0.3 is 15.2 Å². The van der Waals surface area contributed by atoms with E-state index in [1.165, 1.54) is 24.3 Å². The second kappa shape index (κ2) is 9.85. The van der Waals surface area contributed by atoms with Crippen LogP contribution in [0.1, 0.15) is 16.7 Å². The summed E-state index contributed by atoms with van der Waals surface area (Å²) < 4.78 is 30.8. The monoisotopic (exact) mass is 460 g/mol. The Balaban J connectivity index is 2.05. The highest BCUT2D eigenvalue weighted by atomic mass is 35.5. The van der Waals surface area contributed by atoms with Gasteiger partial charge in [0.15, 0.2) is 17.4 Å². The lowest BCUT2D eigenvalue weighted by molar-refractivity contribution is -0.578. The first-order valence-corrected chi connectivity index (χ1v) is 10.1. The number of hydrogen-bond acceptors (Lipinski definition) is 3. The third-order valence-electron chi connectivity index (χ3n) is 4.49. The third-order valence-corrected chi connectivity index (χ3v) is 5.20. The highest BCUT2D eigenvalue weighted by Gasteiger charge is 2.20. The average Bonchev–Trinajstić information content (AvgIpc) is 2.72. The van der Waals surface area contributed by atoms with Crippen LogP contribution in [0.4, 0.5) is 14.5 Å². The van der Waals surface area contributed by atoms with Gasteiger partial charge in [-0.05, 0) is 61.1 Å². The van der Waals surface area contributed by atoms with Crippen molar-refractivity contribution < 1.29 is 23.2 Å². The maximum Gasteiger partial charge on any atom is 0.387 e. The second-order valence-corrected chi connectivity index (χ2v) is 7.55. The molecule has 0 aliphatic rings. The number of alkyl halides is 2. The molecule has 0 bridgehead atoms. The molecule has 2 aromatic carbocycles. The zero-order chi connectivity index (χ0) is 22.5. The van der Waals surface area contributed by atoms with Crippen LogP contribution in [0, 0.1) is 13.8 Å². The Morgan fingerprint density at radius 3 is 2.45 bits per heavy atom. The summed E-state index contributed by atoms with van der Waals surface area (Å²) in [5.41, 5.74) is 2.88. The van der Waals surface area contributed by atoms with Crippen molar-refractivity contribution in [2.45, 2.75) is 20.5 Å². The molecule has 3 aromatic rings. The molecule has 0 atom stereocenters. The van der Waals surface area contributed by atoms with E-state index in [0.717, 1.165) is 11.1 Å². The summed E-state index contributed by atoms with van der Waals surface area (Å²) in [6.07, 6.45) is 3.49. The number of nitrogens with zero attached hydrogens (tertiary/aromatic N) is 1. The van der Waals surface area contributed by atoms with Crippen LogP contribution in [0.3, 0.4) is 0 Å². The van der Waals surface area contributed by atoms with E-state index in [1.807, 2.05) is 26.0 Å². The fourth-order valence-electron chi connectivity index (χ4n) is 2.92. The molecule has 0 amide bonds. The lowest BCUT2D eigenvalue weighted by Gasteiger charge is -2.18. The zero-order valence-electron chi connectivity index (χ0n) is 16.7. The van der Waals surface area contributed by atoms with Crippen LogP contribution < -0.4 is 19.7 Å². The fraction of sp³-hybridized carbons (Fsp3) is 0.130. The van der Waals surface area contributed by atoms with E-state index in [9.17, 15) is 13.9 Å². The topological polar surface area (TPSA) is 48.2 Å². The molecule has 0 aliphatic carbocycles. The summed E-state index contributed by atoms with van der Waals surface area (Å²) >= 11 is 11.8. The number of nitrogens with one attached hydrogen (secondary N) is 1. The molecule has 3 rings (SSSR count). The first-order chi connectivity index (χ1) is 14.8. The van der Waals surface area contributed by atoms with Crippen LogP contribution in [0.2, 0.25) is 5.02 Å². The minimum absolute atomic E-state index is 0.0356. The summed E-state index contributed by atoms with van der Waals surface area (Å²) in [6, 6.07) is 14.5. The van der Waals surface area contributed by atoms with E-state index >= 15 is 0 Å². The molecule has 0 unspecified atom stereocenters. The van der Waals surface area contributed by atoms with Crippen LogP contribution >= 0.6 is 23.8 Å². The normalized spacial score (nSPS) is 11.8. The van der Waals surface area contributed by atoms with Crippen molar-refractivity contribution in [3.8, 4) is 5.75 Å². The smallest absolute Gasteiger partial charge is 0.387 e. The molecular weight excluding hydrogens is 442 g/mol. The molecule has 0 fully saturated rings. The Kier molecular flexibility index (Phi) is 7.20. The Hall–Kier alpha value is -3.03. The number of hydrogen-bond donors (Lipinski definition) is 1.